The van der Waals surface area contributed by atoms with Gasteiger partial charge in [0, 0.05) is 19.8 Å². The van der Waals surface area contributed by atoms with Crippen LogP contribution in [-0.4, -0.2) is 23.6 Å². The van der Waals surface area contributed by atoms with E-state index in [1.54, 1.807) is 0 Å². The molecule has 0 atom stereocenters. The van der Waals surface area contributed by atoms with E-state index in [2.05, 4.69) is 73.6 Å². The third kappa shape index (κ3) is 3.74. The van der Waals surface area contributed by atoms with Gasteiger partial charge in [0.05, 0.1) is 9.52 Å². The predicted molar refractivity (Wildman–Crippen MR) is 81.1 cm³/mol. The second-order valence-corrected chi connectivity index (χ2v) is 6.03. The molecule has 0 aliphatic heterocycles. The zero-order chi connectivity index (χ0) is 12.8. The SMILES string of the molecule is CN(C)c1ccc(CC[Si]c2ccccc2)cc1. The lowest BCUT2D eigenvalue weighted by Crippen LogP contribution is -2.13. The molecule has 0 N–H and O–H groups in total. The number of benzene rings is 2. The largest absolute Gasteiger partial charge is 0.378 e. The van der Waals surface area contributed by atoms with Crippen LogP contribution in [0.4, 0.5) is 5.69 Å². The Morgan fingerprint density at radius 3 is 2.17 bits per heavy atom. The van der Waals surface area contributed by atoms with Crippen molar-refractivity contribution in [2.75, 3.05) is 19.0 Å². The van der Waals surface area contributed by atoms with Crippen molar-refractivity contribution in [2.24, 2.45) is 0 Å². The molecule has 0 unspecified atom stereocenters. The minimum absolute atomic E-state index is 0.912. The minimum atomic E-state index is 0.912. The molecule has 0 aliphatic rings. The van der Waals surface area contributed by atoms with Gasteiger partial charge < -0.3 is 4.90 Å². The van der Waals surface area contributed by atoms with Crippen LogP contribution in [0, 0.1) is 0 Å². The van der Waals surface area contributed by atoms with Crippen molar-refractivity contribution in [1.82, 2.24) is 0 Å². The Morgan fingerprint density at radius 1 is 0.889 bits per heavy atom. The number of anilines is 1. The smallest absolute Gasteiger partial charge is 0.0811 e. The van der Waals surface area contributed by atoms with Crippen LogP contribution in [-0.2, 0) is 6.42 Å². The zero-order valence-corrected chi connectivity index (χ0v) is 12.1. The van der Waals surface area contributed by atoms with E-state index < -0.39 is 0 Å². The lowest BCUT2D eigenvalue weighted by atomic mass is 10.1. The molecular formula is C16H19NSi. The van der Waals surface area contributed by atoms with Crippen molar-refractivity contribution in [3.63, 3.8) is 0 Å². The highest BCUT2D eigenvalue weighted by Crippen LogP contribution is 2.13. The van der Waals surface area contributed by atoms with Gasteiger partial charge in [-0.3, -0.25) is 0 Å². The first kappa shape index (κ1) is 12.9. The summed E-state index contributed by atoms with van der Waals surface area (Å²) in [6, 6.07) is 20.9. The average Bonchev–Trinajstić information content (AvgIpc) is 2.40. The van der Waals surface area contributed by atoms with Gasteiger partial charge in [-0.15, -0.1) is 0 Å². The number of rotatable bonds is 5. The van der Waals surface area contributed by atoms with E-state index in [1.165, 1.54) is 28.9 Å². The Labute approximate surface area is 112 Å². The van der Waals surface area contributed by atoms with Crippen LogP contribution >= 0.6 is 0 Å². The van der Waals surface area contributed by atoms with Crippen LogP contribution in [0.3, 0.4) is 0 Å². The molecule has 0 spiro atoms. The van der Waals surface area contributed by atoms with Gasteiger partial charge in [0.15, 0.2) is 0 Å². The van der Waals surface area contributed by atoms with Crippen molar-refractivity contribution < 1.29 is 0 Å². The monoisotopic (exact) mass is 253 g/mol. The van der Waals surface area contributed by atoms with Crippen LogP contribution in [0.1, 0.15) is 5.56 Å². The molecule has 0 aromatic heterocycles. The molecule has 2 aromatic rings. The van der Waals surface area contributed by atoms with Crippen LogP contribution < -0.4 is 10.1 Å². The van der Waals surface area contributed by atoms with Gasteiger partial charge in [0.25, 0.3) is 0 Å². The quantitative estimate of drug-likeness (QED) is 0.741. The maximum Gasteiger partial charge on any atom is 0.0811 e. The Bertz CT molecular complexity index is 462. The highest BCUT2D eigenvalue weighted by Gasteiger charge is 1.98. The third-order valence-corrected chi connectivity index (χ3v) is 4.21. The molecule has 2 aromatic carbocycles. The van der Waals surface area contributed by atoms with E-state index in [0.717, 1.165) is 9.52 Å². The van der Waals surface area contributed by atoms with Gasteiger partial charge in [-0.25, -0.2) is 0 Å². The maximum atomic E-state index is 2.24. The molecule has 18 heavy (non-hydrogen) atoms. The van der Waals surface area contributed by atoms with Crippen molar-refractivity contribution in [3.8, 4) is 0 Å². The van der Waals surface area contributed by atoms with Gasteiger partial charge in [0.2, 0.25) is 0 Å². The molecule has 0 bridgehead atoms. The minimum Gasteiger partial charge on any atom is -0.378 e. The second-order valence-electron chi connectivity index (χ2n) is 4.60. The molecule has 0 fully saturated rings. The van der Waals surface area contributed by atoms with Crippen molar-refractivity contribution in [1.29, 1.82) is 0 Å². The van der Waals surface area contributed by atoms with Crippen LogP contribution in [0.25, 0.3) is 0 Å². The lowest BCUT2D eigenvalue weighted by Gasteiger charge is -2.12. The van der Waals surface area contributed by atoms with Gasteiger partial charge in [-0.05, 0) is 24.1 Å². The number of hydrogen-bond acceptors (Lipinski definition) is 1. The van der Waals surface area contributed by atoms with Gasteiger partial charge >= 0.3 is 0 Å². The Balaban J connectivity index is 1.83. The fourth-order valence-corrected chi connectivity index (χ4v) is 3.00. The molecule has 1 nitrogen and oxygen atoms in total. The van der Waals surface area contributed by atoms with Crippen molar-refractivity contribution in [3.05, 3.63) is 60.2 Å². The maximum absolute atomic E-state index is 2.24. The van der Waals surface area contributed by atoms with E-state index in [0.29, 0.717) is 0 Å². The zero-order valence-electron chi connectivity index (χ0n) is 11.1. The highest BCUT2D eigenvalue weighted by atomic mass is 28.2. The summed E-state index contributed by atoms with van der Waals surface area (Å²) in [5.41, 5.74) is 2.70. The molecule has 0 saturated carbocycles. The summed E-state index contributed by atoms with van der Waals surface area (Å²) in [5.74, 6) is 0. The van der Waals surface area contributed by atoms with Crippen LogP contribution in [0.2, 0.25) is 6.04 Å². The summed E-state index contributed by atoms with van der Waals surface area (Å²) in [6.45, 7) is 0. The van der Waals surface area contributed by atoms with E-state index in [-0.39, 0.29) is 0 Å². The Kier molecular flexibility index (Phi) is 4.59. The average molecular weight is 253 g/mol. The second kappa shape index (κ2) is 6.41. The standard InChI is InChI=1S/C16H19NSi/c1-17(2)15-10-8-14(9-11-15)12-13-18-16-6-4-3-5-7-16/h3-11H,12-13H2,1-2H3. The molecule has 0 heterocycles. The van der Waals surface area contributed by atoms with Crippen LogP contribution in [0.15, 0.2) is 54.6 Å². The first-order chi connectivity index (χ1) is 8.75. The first-order valence-corrected chi connectivity index (χ1v) is 7.51. The predicted octanol–water partition coefficient (Wildman–Crippen LogP) is 2.74. The lowest BCUT2D eigenvalue weighted by molar-refractivity contribution is 1.10. The molecular weight excluding hydrogens is 234 g/mol. The number of hydrogen-bond donors (Lipinski definition) is 0. The fraction of sp³-hybridized carbons (Fsp3) is 0.250. The number of aryl methyl sites for hydroxylation is 1. The van der Waals surface area contributed by atoms with Crippen molar-refractivity contribution >= 4 is 20.4 Å². The molecule has 0 aliphatic carbocycles. The van der Waals surface area contributed by atoms with Gasteiger partial charge in [0.1, 0.15) is 0 Å². The topological polar surface area (TPSA) is 3.24 Å². The summed E-state index contributed by atoms with van der Waals surface area (Å²) in [7, 11) is 5.06. The summed E-state index contributed by atoms with van der Waals surface area (Å²) in [4.78, 5) is 2.13. The summed E-state index contributed by atoms with van der Waals surface area (Å²) in [6.07, 6.45) is 1.17. The molecule has 2 rings (SSSR count). The molecule has 2 heteroatoms. The summed E-state index contributed by atoms with van der Waals surface area (Å²) in [5, 5.41) is 1.46. The molecule has 0 amide bonds. The van der Waals surface area contributed by atoms with E-state index in [4.69, 9.17) is 0 Å². The summed E-state index contributed by atoms with van der Waals surface area (Å²) >= 11 is 0. The van der Waals surface area contributed by atoms with E-state index >= 15 is 0 Å². The number of nitrogens with zero attached hydrogens (tertiary/aromatic N) is 1. The van der Waals surface area contributed by atoms with Gasteiger partial charge in [-0.1, -0.05) is 53.7 Å². The van der Waals surface area contributed by atoms with Gasteiger partial charge in [-0.2, -0.15) is 0 Å². The normalized spacial score (nSPS) is 10.3. The fourth-order valence-electron chi connectivity index (χ4n) is 1.87. The molecule has 0 saturated heterocycles. The highest BCUT2D eigenvalue weighted by molar-refractivity contribution is 6.53. The van der Waals surface area contributed by atoms with E-state index in [9.17, 15) is 0 Å². The summed E-state index contributed by atoms with van der Waals surface area (Å²) < 4.78 is 0. The Hall–Kier alpha value is -1.54. The Morgan fingerprint density at radius 2 is 1.56 bits per heavy atom. The van der Waals surface area contributed by atoms with E-state index in [1.807, 2.05) is 0 Å². The van der Waals surface area contributed by atoms with Crippen LogP contribution in [0.5, 0.6) is 0 Å². The molecule has 92 valence electrons. The molecule has 2 radical (unpaired) electrons. The van der Waals surface area contributed by atoms with Crippen molar-refractivity contribution in [2.45, 2.75) is 12.5 Å². The first-order valence-electron chi connectivity index (χ1n) is 6.31. The third-order valence-electron chi connectivity index (χ3n) is 2.97.